The van der Waals surface area contributed by atoms with Crippen LogP contribution in [0.1, 0.15) is 18.2 Å². The minimum absolute atomic E-state index is 0.148. The quantitative estimate of drug-likeness (QED) is 0.772. The van der Waals surface area contributed by atoms with Crippen molar-refractivity contribution in [3.63, 3.8) is 0 Å². The van der Waals surface area contributed by atoms with Crippen LogP contribution in [-0.4, -0.2) is 33.0 Å². The lowest BCUT2D eigenvalue weighted by Crippen LogP contribution is -2.06. The molecule has 0 saturated heterocycles. The van der Waals surface area contributed by atoms with Crippen LogP contribution in [0, 0.1) is 6.92 Å². The van der Waals surface area contributed by atoms with Gasteiger partial charge in [-0.2, -0.15) is 10.2 Å². The number of nitrogens with one attached hydrogen (secondary N) is 2. The van der Waals surface area contributed by atoms with Crippen molar-refractivity contribution in [1.29, 1.82) is 0 Å². The molecule has 0 spiro atoms. The molecular weight excluding hydrogens is 282 g/mol. The Hall–Kier alpha value is -2.83. The lowest BCUT2D eigenvalue weighted by Gasteiger charge is -2.04. The van der Waals surface area contributed by atoms with E-state index in [0.29, 0.717) is 18.0 Å². The fourth-order valence-electron chi connectivity index (χ4n) is 2.46. The summed E-state index contributed by atoms with van der Waals surface area (Å²) in [7, 11) is 1.64. The average Bonchev–Trinajstić information content (AvgIpc) is 3.02. The number of anilines is 1. The van der Waals surface area contributed by atoms with Crippen LogP contribution in [-0.2, 0) is 11.3 Å². The molecule has 3 aromatic rings. The minimum atomic E-state index is -0.148. The zero-order valence-electron chi connectivity index (χ0n) is 12.7. The Morgan fingerprint density at radius 3 is 3.00 bits per heavy atom. The Bertz CT molecular complexity index is 834. The van der Waals surface area contributed by atoms with E-state index in [1.54, 1.807) is 11.8 Å². The number of aryl methyl sites for hydroxylation is 1. The highest BCUT2D eigenvalue weighted by molar-refractivity contribution is 5.98. The number of H-pyrrole nitrogens is 1. The van der Waals surface area contributed by atoms with Gasteiger partial charge in [0.25, 0.3) is 0 Å². The Kier molecular flexibility index (Phi) is 3.54. The molecule has 0 aliphatic heterocycles. The minimum Gasteiger partial charge on any atom is -0.497 e. The maximum atomic E-state index is 11.2. The van der Waals surface area contributed by atoms with Crippen molar-refractivity contribution in [3.8, 4) is 5.75 Å². The van der Waals surface area contributed by atoms with Gasteiger partial charge in [-0.05, 0) is 24.6 Å². The Morgan fingerprint density at radius 1 is 1.45 bits per heavy atom. The number of benzene rings is 1. The van der Waals surface area contributed by atoms with Gasteiger partial charge in [0.1, 0.15) is 11.6 Å². The molecule has 0 saturated carbocycles. The summed E-state index contributed by atoms with van der Waals surface area (Å²) in [5, 5.41) is 15.2. The van der Waals surface area contributed by atoms with E-state index in [1.807, 2.05) is 31.2 Å². The first-order chi connectivity index (χ1) is 10.6. The van der Waals surface area contributed by atoms with Crippen LogP contribution < -0.4 is 10.1 Å². The third-order valence-corrected chi connectivity index (χ3v) is 3.39. The van der Waals surface area contributed by atoms with E-state index in [0.717, 1.165) is 22.4 Å². The van der Waals surface area contributed by atoms with E-state index >= 15 is 0 Å². The van der Waals surface area contributed by atoms with Gasteiger partial charge in [-0.25, -0.2) is 4.68 Å². The molecule has 7 nitrogen and oxygen atoms in total. The maximum absolute atomic E-state index is 11.2. The van der Waals surface area contributed by atoms with Gasteiger partial charge in [0, 0.05) is 6.92 Å². The first kappa shape index (κ1) is 14.1. The second kappa shape index (κ2) is 5.51. The van der Waals surface area contributed by atoms with E-state index in [4.69, 9.17) is 4.74 Å². The van der Waals surface area contributed by atoms with Crippen molar-refractivity contribution in [2.45, 2.75) is 20.4 Å². The highest BCUT2D eigenvalue weighted by Crippen LogP contribution is 2.25. The summed E-state index contributed by atoms with van der Waals surface area (Å²) in [6.45, 7) is 3.93. The highest BCUT2D eigenvalue weighted by Gasteiger charge is 2.16. The van der Waals surface area contributed by atoms with Crippen LogP contribution in [0.5, 0.6) is 5.75 Å². The summed E-state index contributed by atoms with van der Waals surface area (Å²) in [6.07, 6.45) is 0. The Morgan fingerprint density at radius 2 is 2.27 bits per heavy atom. The molecule has 2 aromatic heterocycles. The molecule has 1 amide bonds. The molecule has 114 valence electrons. The van der Waals surface area contributed by atoms with Crippen LogP contribution in [0.2, 0.25) is 0 Å². The average molecular weight is 299 g/mol. The van der Waals surface area contributed by atoms with E-state index in [1.165, 1.54) is 6.92 Å². The number of rotatable bonds is 4. The van der Waals surface area contributed by atoms with Gasteiger partial charge in [-0.3, -0.25) is 9.89 Å². The standard InChI is InChI=1S/C15H17N5O2/c1-9-13-14(16-10(2)21)17-18-15(13)20(19-9)8-11-5-4-6-12(7-11)22-3/h4-7H,8H2,1-3H3,(H2,16,17,18,21). The number of methoxy groups -OCH3 is 1. The predicted octanol–water partition coefficient (Wildman–Crippen LogP) is 2.08. The number of fused-ring (bicyclic) bond motifs is 1. The predicted molar refractivity (Wildman–Crippen MR) is 83.0 cm³/mol. The lowest BCUT2D eigenvalue weighted by atomic mass is 10.2. The third kappa shape index (κ3) is 2.52. The molecule has 2 heterocycles. The zero-order chi connectivity index (χ0) is 15.7. The fraction of sp³-hybridized carbons (Fsp3) is 0.267. The topological polar surface area (TPSA) is 84.8 Å². The second-order valence-corrected chi connectivity index (χ2v) is 5.07. The summed E-state index contributed by atoms with van der Waals surface area (Å²) in [6, 6.07) is 7.81. The summed E-state index contributed by atoms with van der Waals surface area (Å²) >= 11 is 0. The van der Waals surface area contributed by atoms with Crippen LogP contribution in [0.4, 0.5) is 5.82 Å². The lowest BCUT2D eigenvalue weighted by molar-refractivity contribution is -0.114. The van der Waals surface area contributed by atoms with E-state index in [-0.39, 0.29) is 5.91 Å². The second-order valence-electron chi connectivity index (χ2n) is 5.07. The van der Waals surface area contributed by atoms with Gasteiger partial charge in [-0.1, -0.05) is 12.1 Å². The molecule has 0 atom stereocenters. The third-order valence-electron chi connectivity index (χ3n) is 3.39. The monoisotopic (exact) mass is 299 g/mol. The van der Waals surface area contributed by atoms with Crippen molar-refractivity contribution in [3.05, 3.63) is 35.5 Å². The smallest absolute Gasteiger partial charge is 0.222 e. The fourth-order valence-corrected chi connectivity index (χ4v) is 2.46. The van der Waals surface area contributed by atoms with Gasteiger partial charge < -0.3 is 10.1 Å². The van der Waals surface area contributed by atoms with Crippen LogP contribution >= 0.6 is 0 Å². The summed E-state index contributed by atoms with van der Waals surface area (Å²) < 4.78 is 7.04. The molecule has 0 radical (unpaired) electrons. The number of carbonyl (C=O) groups is 1. The van der Waals surface area contributed by atoms with Crippen molar-refractivity contribution in [1.82, 2.24) is 20.0 Å². The number of amides is 1. The van der Waals surface area contributed by atoms with Crippen LogP contribution in [0.3, 0.4) is 0 Å². The van der Waals surface area contributed by atoms with Gasteiger partial charge in [0.2, 0.25) is 5.91 Å². The molecule has 0 aliphatic carbocycles. The van der Waals surface area contributed by atoms with E-state index in [9.17, 15) is 4.79 Å². The molecule has 22 heavy (non-hydrogen) atoms. The molecule has 0 aliphatic rings. The number of aromatic amines is 1. The summed E-state index contributed by atoms with van der Waals surface area (Å²) in [5.74, 6) is 1.24. The van der Waals surface area contributed by atoms with Crippen molar-refractivity contribution in [2.75, 3.05) is 12.4 Å². The van der Waals surface area contributed by atoms with Crippen LogP contribution in [0.15, 0.2) is 24.3 Å². The van der Waals surface area contributed by atoms with Gasteiger partial charge in [0.15, 0.2) is 5.65 Å². The molecule has 7 heteroatoms. The van der Waals surface area contributed by atoms with Crippen molar-refractivity contribution in [2.24, 2.45) is 0 Å². The molecule has 3 rings (SSSR count). The molecule has 0 bridgehead atoms. The Balaban J connectivity index is 1.97. The van der Waals surface area contributed by atoms with Crippen molar-refractivity contribution >= 4 is 22.8 Å². The summed E-state index contributed by atoms with van der Waals surface area (Å²) in [5.41, 5.74) is 2.59. The van der Waals surface area contributed by atoms with Gasteiger partial charge in [0.05, 0.1) is 24.7 Å². The SMILES string of the molecule is COc1cccc(Cn2nc(C)c3c(NC(C)=O)[nH]nc32)c1. The highest BCUT2D eigenvalue weighted by atomic mass is 16.5. The van der Waals surface area contributed by atoms with E-state index in [2.05, 4.69) is 20.6 Å². The number of nitrogens with zero attached hydrogens (tertiary/aromatic N) is 3. The number of carbonyl (C=O) groups excluding carboxylic acids is 1. The normalized spacial score (nSPS) is 10.9. The number of ether oxygens (including phenoxy) is 1. The first-order valence-electron chi connectivity index (χ1n) is 6.90. The largest absolute Gasteiger partial charge is 0.497 e. The number of aromatic nitrogens is 4. The van der Waals surface area contributed by atoms with Gasteiger partial charge in [-0.15, -0.1) is 0 Å². The van der Waals surface area contributed by atoms with E-state index < -0.39 is 0 Å². The molecular formula is C15H17N5O2. The Labute approximate surface area is 127 Å². The van der Waals surface area contributed by atoms with Crippen molar-refractivity contribution < 1.29 is 9.53 Å². The maximum Gasteiger partial charge on any atom is 0.222 e. The number of hydrogen-bond donors (Lipinski definition) is 2. The summed E-state index contributed by atoms with van der Waals surface area (Å²) in [4.78, 5) is 11.2. The molecule has 0 unspecified atom stereocenters. The number of hydrogen-bond acceptors (Lipinski definition) is 4. The molecule has 1 aromatic carbocycles. The first-order valence-corrected chi connectivity index (χ1v) is 6.90. The molecule has 2 N–H and O–H groups in total. The van der Waals surface area contributed by atoms with Gasteiger partial charge >= 0.3 is 0 Å². The van der Waals surface area contributed by atoms with Crippen LogP contribution in [0.25, 0.3) is 11.0 Å². The zero-order valence-corrected chi connectivity index (χ0v) is 12.7. The molecule has 0 fully saturated rings.